The van der Waals surface area contributed by atoms with Gasteiger partial charge in [0.2, 0.25) is 0 Å². The SMILES string of the molecule is CSc1nc(C)c(CCC(=O)O[C@@H](C)C(=O)NC(=O)NC2CCCCC2)c(C)n1. The second-order valence-electron chi connectivity index (χ2n) is 7.29. The molecule has 3 amide bonds. The summed E-state index contributed by atoms with van der Waals surface area (Å²) in [5, 5.41) is 5.75. The van der Waals surface area contributed by atoms with Crippen LogP contribution < -0.4 is 10.6 Å². The summed E-state index contributed by atoms with van der Waals surface area (Å²) in [4.78, 5) is 45.0. The second-order valence-corrected chi connectivity index (χ2v) is 8.06. The van der Waals surface area contributed by atoms with Crippen molar-refractivity contribution in [3.05, 3.63) is 17.0 Å². The van der Waals surface area contributed by atoms with E-state index in [9.17, 15) is 14.4 Å². The van der Waals surface area contributed by atoms with E-state index in [1.165, 1.54) is 25.1 Å². The molecule has 1 atom stereocenters. The van der Waals surface area contributed by atoms with Gasteiger partial charge in [0.1, 0.15) is 0 Å². The number of imide groups is 1. The first-order chi connectivity index (χ1) is 13.8. The number of nitrogens with one attached hydrogen (secondary N) is 2. The van der Waals surface area contributed by atoms with Crippen LogP contribution >= 0.6 is 11.8 Å². The highest BCUT2D eigenvalue weighted by atomic mass is 32.2. The smallest absolute Gasteiger partial charge is 0.321 e. The lowest BCUT2D eigenvalue weighted by atomic mass is 9.96. The van der Waals surface area contributed by atoms with Crippen molar-refractivity contribution in [2.24, 2.45) is 0 Å². The van der Waals surface area contributed by atoms with Gasteiger partial charge in [-0.1, -0.05) is 31.0 Å². The van der Waals surface area contributed by atoms with Crippen molar-refractivity contribution in [1.82, 2.24) is 20.6 Å². The number of amides is 3. The molecule has 1 aromatic heterocycles. The Bertz CT molecular complexity index is 727. The molecule has 2 N–H and O–H groups in total. The molecule has 0 aliphatic heterocycles. The minimum absolute atomic E-state index is 0.0978. The van der Waals surface area contributed by atoms with Crippen molar-refractivity contribution in [2.45, 2.75) is 83.0 Å². The molecule has 1 aromatic rings. The molecule has 29 heavy (non-hydrogen) atoms. The van der Waals surface area contributed by atoms with Crippen LogP contribution in [0.5, 0.6) is 0 Å². The third-order valence-electron chi connectivity index (χ3n) is 5.02. The number of aryl methyl sites for hydroxylation is 2. The molecule has 0 radical (unpaired) electrons. The van der Waals surface area contributed by atoms with Crippen LogP contribution in [0.4, 0.5) is 4.79 Å². The fraction of sp³-hybridized carbons (Fsp3) is 0.650. The summed E-state index contributed by atoms with van der Waals surface area (Å²) in [6.07, 6.45) is 6.59. The maximum atomic E-state index is 12.1. The molecule has 1 aliphatic carbocycles. The zero-order valence-corrected chi connectivity index (χ0v) is 18.4. The molecule has 1 saturated carbocycles. The number of ether oxygens (including phenoxy) is 1. The Balaban J connectivity index is 1.77. The Morgan fingerprint density at radius 3 is 2.34 bits per heavy atom. The molecule has 8 nitrogen and oxygen atoms in total. The van der Waals surface area contributed by atoms with E-state index in [1.807, 2.05) is 20.1 Å². The predicted octanol–water partition coefficient (Wildman–Crippen LogP) is 2.84. The van der Waals surface area contributed by atoms with Gasteiger partial charge in [-0.15, -0.1) is 0 Å². The summed E-state index contributed by atoms with van der Waals surface area (Å²) >= 11 is 1.47. The minimum Gasteiger partial charge on any atom is -0.453 e. The molecule has 160 valence electrons. The average Bonchev–Trinajstić information content (AvgIpc) is 2.67. The van der Waals surface area contributed by atoms with Crippen LogP contribution in [-0.2, 0) is 20.7 Å². The van der Waals surface area contributed by atoms with Crippen LogP contribution in [0.1, 0.15) is 62.4 Å². The van der Waals surface area contributed by atoms with Crippen molar-refractivity contribution in [1.29, 1.82) is 0 Å². The van der Waals surface area contributed by atoms with E-state index >= 15 is 0 Å². The minimum atomic E-state index is -1.04. The van der Waals surface area contributed by atoms with Crippen molar-refractivity contribution < 1.29 is 19.1 Å². The largest absolute Gasteiger partial charge is 0.453 e. The summed E-state index contributed by atoms with van der Waals surface area (Å²) in [5.41, 5.74) is 2.57. The van der Waals surface area contributed by atoms with E-state index in [2.05, 4.69) is 20.6 Å². The third-order valence-corrected chi connectivity index (χ3v) is 5.56. The highest BCUT2D eigenvalue weighted by Gasteiger charge is 2.22. The first-order valence-electron chi connectivity index (χ1n) is 9.99. The van der Waals surface area contributed by atoms with Gasteiger partial charge < -0.3 is 10.1 Å². The van der Waals surface area contributed by atoms with Crippen molar-refractivity contribution in [2.75, 3.05) is 6.26 Å². The van der Waals surface area contributed by atoms with Gasteiger partial charge in [0.15, 0.2) is 11.3 Å². The predicted molar refractivity (Wildman–Crippen MR) is 111 cm³/mol. The monoisotopic (exact) mass is 422 g/mol. The fourth-order valence-corrected chi connectivity index (χ4v) is 3.84. The maximum Gasteiger partial charge on any atom is 0.321 e. The standard InChI is InChI=1S/C20H30N4O4S/c1-12-16(13(2)22-20(21-12)29-4)10-11-17(25)28-14(3)18(26)24-19(27)23-15-8-6-5-7-9-15/h14-15H,5-11H2,1-4H3,(H2,23,24,26,27)/t14-/m0/s1. The number of aromatic nitrogens is 2. The van der Waals surface area contributed by atoms with Crippen molar-refractivity contribution in [3.8, 4) is 0 Å². The summed E-state index contributed by atoms with van der Waals surface area (Å²) < 4.78 is 5.17. The number of thioether (sulfide) groups is 1. The zero-order chi connectivity index (χ0) is 21.4. The number of esters is 1. The topological polar surface area (TPSA) is 110 Å². The zero-order valence-electron chi connectivity index (χ0n) is 17.5. The van der Waals surface area contributed by atoms with Gasteiger partial charge in [0.05, 0.1) is 0 Å². The molecule has 2 rings (SSSR count). The van der Waals surface area contributed by atoms with Gasteiger partial charge in [-0.2, -0.15) is 0 Å². The average molecular weight is 423 g/mol. The molecule has 1 fully saturated rings. The molecule has 0 bridgehead atoms. The lowest BCUT2D eigenvalue weighted by molar-refractivity contribution is -0.154. The van der Waals surface area contributed by atoms with E-state index in [1.54, 1.807) is 0 Å². The summed E-state index contributed by atoms with van der Waals surface area (Å²) in [6.45, 7) is 5.22. The highest BCUT2D eigenvalue weighted by molar-refractivity contribution is 7.98. The van der Waals surface area contributed by atoms with Gasteiger partial charge in [0.25, 0.3) is 5.91 Å². The van der Waals surface area contributed by atoms with Gasteiger partial charge in [-0.25, -0.2) is 14.8 Å². The van der Waals surface area contributed by atoms with E-state index in [-0.39, 0.29) is 12.5 Å². The summed E-state index contributed by atoms with van der Waals surface area (Å²) in [7, 11) is 0. The van der Waals surface area contributed by atoms with E-state index in [0.717, 1.165) is 42.6 Å². The first-order valence-corrected chi connectivity index (χ1v) is 11.2. The number of nitrogens with zero attached hydrogens (tertiary/aromatic N) is 2. The van der Waals surface area contributed by atoms with Crippen LogP contribution in [0.15, 0.2) is 5.16 Å². The fourth-order valence-electron chi connectivity index (χ4n) is 3.38. The number of urea groups is 1. The number of hydrogen-bond donors (Lipinski definition) is 2. The van der Waals surface area contributed by atoms with E-state index in [0.29, 0.717) is 11.6 Å². The van der Waals surface area contributed by atoms with Crippen LogP contribution in [-0.4, -0.2) is 46.3 Å². The summed E-state index contributed by atoms with van der Waals surface area (Å²) in [5.74, 6) is -1.14. The van der Waals surface area contributed by atoms with E-state index < -0.39 is 24.0 Å². The van der Waals surface area contributed by atoms with Crippen LogP contribution in [0, 0.1) is 13.8 Å². The Kier molecular flexibility index (Phi) is 8.88. The number of carbonyl (C=O) groups is 3. The van der Waals surface area contributed by atoms with Crippen LogP contribution in [0.25, 0.3) is 0 Å². The lowest BCUT2D eigenvalue weighted by Crippen LogP contribution is -2.48. The molecular weight excluding hydrogens is 392 g/mol. The number of hydrogen-bond acceptors (Lipinski definition) is 7. The van der Waals surface area contributed by atoms with Gasteiger partial charge in [0, 0.05) is 23.9 Å². The molecule has 1 heterocycles. The number of rotatable bonds is 7. The quantitative estimate of drug-likeness (QED) is 0.395. The van der Waals surface area contributed by atoms with Crippen molar-refractivity contribution in [3.63, 3.8) is 0 Å². The highest BCUT2D eigenvalue weighted by Crippen LogP contribution is 2.18. The lowest BCUT2D eigenvalue weighted by Gasteiger charge is -2.23. The molecular formula is C20H30N4O4S. The Labute approximate surface area is 176 Å². The molecule has 9 heteroatoms. The summed E-state index contributed by atoms with van der Waals surface area (Å²) in [6, 6.07) is -0.442. The Hall–Kier alpha value is -2.16. The molecule has 0 saturated heterocycles. The van der Waals surface area contributed by atoms with E-state index in [4.69, 9.17) is 4.74 Å². The normalized spacial score (nSPS) is 15.4. The molecule has 0 unspecified atom stereocenters. The molecule has 1 aliphatic rings. The Morgan fingerprint density at radius 1 is 1.14 bits per heavy atom. The second kappa shape index (κ2) is 11.1. The maximum absolute atomic E-state index is 12.1. The van der Waals surface area contributed by atoms with Gasteiger partial charge in [-0.3, -0.25) is 14.9 Å². The Morgan fingerprint density at radius 2 is 1.76 bits per heavy atom. The van der Waals surface area contributed by atoms with Crippen molar-refractivity contribution >= 4 is 29.7 Å². The molecule has 0 aromatic carbocycles. The molecule has 0 spiro atoms. The van der Waals surface area contributed by atoms with Crippen LogP contribution in [0.3, 0.4) is 0 Å². The first kappa shape index (κ1) is 23.1. The number of carbonyl (C=O) groups excluding carboxylic acids is 3. The van der Waals surface area contributed by atoms with Crippen LogP contribution in [0.2, 0.25) is 0 Å². The van der Waals surface area contributed by atoms with Gasteiger partial charge >= 0.3 is 12.0 Å². The third kappa shape index (κ3) is 7.30. The van der Waals surface area contributed by atoms with Gasteiger partial charge in [-0.05, 0) is 51.9 Å².